The van der Waals surface area contributed by atoms with Crippen LogP contribution in [-0.2, 0) is 4.79 Å². The number of benzene rings is 1. The molecule has 6 heteroatoms. The van der Waals surface area contributed by atoms with Gasteiger partial charge in [-0.05, 0) is 31.0 Å². The normalized spacial score (nSPS) is 17.8. The molecule has 0 unspecified atom stereocenters. The summed E-state index contributed by atoms with van der Waals surface area (Å²) in [5.74, 6) is -1.68. The first-order valence-electron chi connectivity index (χ1n) is 6.99. The van der Waals surface area contributed by atoms with Crippen molar-refractivity contribution in [2.45, 2.75) is 44.1 Å². The molecule has 0 bridgehead atoms. The van der Waals surface area contributed by atoms with Gasteiger partial charge >= 0.3 is 5.97 Å². The largest absolute Gasteiger partial charge is 0.508 e. The Bertz CT molecular complexity index is 551. The highest BCUT2D eigenvalue weighted by Gasteiger charge is 2.40. The van der Waals surface area contributed by atoms with Gasteiger partial charge in [-0.3, -0.25) is 4.79 Å². The van der Waals surface area contributed by atoms with Crippen LogP contribution in [0.5, 0.6) is 5.75 Å². The van der Waals surface area contributed by atoms with E-state index in [4.69, 9.17) is 11.6 Å². The zero-order chi connectivity index (χ0) is 15.5. The first kappa shape index (κ1) is 15.6. The predicted octanol–water partition coefficient (Wildman–Crippen LogP) is 2.95. The smallest absolute Gasteiger partial charge is 0.329 e. The lowest BCUT2D eigenvalue weighted by Crippen LogP contribution is -2.54. The molecule has 1 aliphatic carbocycles. The van der Waals surface area contributed by atoms with Gasteiger partial charge in [-0.1, -0.05) is 37.3 Å². The molecule has 5 nitrogen and oxygen atoms in total. The second kappa shape index (κ2) is 6.35. The number of hydrogen-bond acceptors (Lipinski definition) is 3. The van der Waals surface area contributed by atoms with Crippen LogP contribution in [0.4, 0.5) is 0 Å². The minimum atomic E-state index is -1.25. The highest BCUT2D eigenvalue weighted by atomic mass is 35.5. The quantitative estimate of drug-likeness (QED) is 0.749. The highest BCUT2D eigenvalue weighted by molar-refractivity contribution is 6.34. The summed E-state index contributed by atoms with van der Waals surface area (Å²) in [6, 6.07) is 4.02. The van der Waals surface area contributed by atoms with Gasteiger partial charge in [0.15, 0.2) is 0 Å². The molecular weight excluding hydrogens is 294 g/mol. The second-order valence-corrected chi connectivity index (χ2v) is 5.83. The molecule has 21 heavy (non-hydrogen) atoms. The van der Waals surface area contributed by atoms with Gasteiger partial charge < -0.3 is 15.5 Å². The van der Waals surface area contributed by atoms with E-state index in [9.17, 15) is 19.8 Å². The molecule has 1 aliphatic rings. The summed E-state index contributed by atoms with van der Waals surface area (Å²) < 4.78 is 0. The summed E-state index contributed by atoms with van der Waals surface area (Å²) in [4.78, 5) is 24.0. The maximum Gasteiger partial charge on any atom is 0.329 e. The average Bonchev–Trinajstić information content (AvgIpc) is 2.68. The fourth-order valence-corrected chi connectivity index (χ4v) is 2.90. The van der Waals surface area contributed by atoms with E-state index in [2.05, 4.69) is 5.32 Å². The van der Waals surface area contributed by atoms with Crippen molar-refractivity contribution >= 4 is 23.5 Å². The third-order valence-electron chi connectivity index (χ3n) is 3.91. The molecule has 1 amide bonds. The van der Waals surface area contributed by atoms with Crippen LogP contribution >= 0.6 is 11.6 Å². The minimum Gasteiger partial charge on any atom is -0.508 e. The number of rotatable bonds is 3. The van der Waals surface area contributed by atoms with E-state index >= 15 is 0 Å². The monoisotopic (exact) mass is 311 g/mol. The molecular formula is C15H18ClNO4. The zero-order valence-electron chi connectivity index (χ0n) is 11.6. The summed E-state index contributed by atoms with van der Waals surface area (Å²) in [7, 11) is 0. The first-order chi connectivity index (χ1) is 9.94. The fourth-order valence-electron chi connectivity index (χ4n) is 2.70. The maximum absolute atomic E-state index is 12.3. The van der Waals surface area contributed by atoms with E-state index in [1.807, 2.05) is 0 Å². The van der Waals surface area contributed by atoms with Gasteiger partial charge in [0.05, 0.1) is 10.6 Å². The van der Waals surface area contributed by atoms with E-state index in [1.54, 1.807) is 0 Å². The van der Waals surface area contributed by atoms with Crippen molar-refractivity contribution in [3.05, 3.63) is 28.8 Å². The van der Waals surface area contributed by atoms with Gasteiger partial charge in [-0.25, -0.2) is 4.79 Å². The summed E-state index contributed by atoms with van der Waals surface area (Å²) in [6.07, 6.45) is 4.28. The molecule has 0 heterocycles. The average molecular weight is 312 g/mol. The van der Waals surface area contributed by atoms with Gasteiger partial charge in [-0.2, -0.15) is 0 Å². The molecule has 0 saturated heterocycles. The van der Waals surface area contributed by atoms with Crippen LogP contribution in [0.1, 0.15) is 48.9 Å². The van der Waals surface area contributed by atoms with Crippen LogP contribution in [0.2, 0.25) is 5.02 Å². The van der Waals surface area contributed by atoms with Crippen LogP contribution in [0, 0.1) is 0 Å². The number of aromatic hydroxyl groups is 1. The van der Waals surface area contributed by atoms with E-state index in [1.165, 1.54) is 18.2 Å². The molecule has 0 spiro atoms. The summed E-state index contributed by atoms with van der Waals surface area (Å²) >= 11 is 5.95. The van der Waals surface area contributed by atoms with Crippen molar-refractivity contribution in [2.75, 3.05) is 0 Å². The third-order valence-corrected chi connectivity index (χ3v) is 4.24. The lowest BCUT2D eigenvalue weighted by Gasteiger charge is -2.29. The number of hydrogen-bond donors (Lipinski definition) is 3. The number of nitrogens with one attached hydrogen (secondary N) is 1. The summed E-state index contributed by atoms with van der Waals surface area (Å²) in [5, 5.41) is 21.8. The van der Waals surface area contributed by atoms with E-state index in [-0.39, 0.29) is 16.3 Å². The molecule has 1 aromatic carbocycles. The molecule has 0 aliphatic heterocycles. The Hall–Kier alpha value is -1.75. The van der Waals surface area contributed by atoms with E-state index in [0.717, 1.165) is 25.7 Å². The molecule has 3 N–H and O–H groups in total. The van der Waals surface area contributed by atoms with Crippen LogP contribution in [0.25, 0.3) is 0 Å². The van der Waals surface area contributed by atoms with Crippen molar-refractivity contribution in [3.63, 3.8) is 0 Å². The molecule has 0 aromatic heterocycles. The Kier molecular flexibility index (Phi) is 4.73. The van der Waals surface area contributed by atoms with Gasteiger partial charge in [0.2, 0.25) is 0 Å². The van der Waals surface area contributed by atoms with Crippen LogP contribution in [0.15, 0.2) is 18.2 Å². The number of phenolic OH excluding ortho intramolecular Hbond substituents is 1. The van der Waals surface area contributed by atoms with Crippen LogP contribution in [-0.4, -0.2) is 27.6 Å². The number of aliphatic carboxylic acids is 1. The topological polar surface area (TPSA) is 86.6 Å². The Morgan fingerprint density at radius 1 is 1.14 bits per heavy atom. The van der Waals surface area contributed by atoms with Gasteiger partial charge in [0.1, 0.15) is 11.3 Å². The van der Waals surface area contributed by atoms with Gasteiger partial charge in [-0.15, -0.1) is 0 Å². The number of carbonyl (C=O) groups is 2. The molecule has 1 fully saturated rings. The SMILES string of the molecule is O=C(NC1(C(=O)O)CCCCCC1)c1cc(O)ccc1Cl. The Morgan fingerprint density at radius 2 is 1.76 bits per heavy atom. The molecule has 2 rings (SSSR count). The maximum atomic E-state index is 12.3. The first-order valence-corrected chi connectivity index (χ1v) is 7.37. The number of phenols is 1. The van der Waals surface area contributed by atoms with Crippen molar-refractivity contribution in [3.8, 4) is 5.75 Å². The minimum absolute atomic E-state index is 0.0848. The highest BCUT2D eigenvalue weighted by Crippen LogP contribution is 2.29. The summed E-state index contributed by atoms with van der Waals surface area (Å²) in [6.45, 7) is 0. The van der Waals surface area contributed by atoms with Gasteiger partial charge in [0, 0.05) is 0 Å². The molecule has 0 radical (unpaired) electrons. The molecule has 1 saturated carbocycles. The van der Waals surface area contributed by atoms with Crippen molar-refractivity contribution < 1.29 is 19.8 Å². The molecule has 114 valence electrons. The number of carboxylic acid groups (broad SMARTS) is 1. The van der Waals surface area contributed by atoms with Crippen molar-refractivity contribution in [1.29, 1.82) is 0 Å². The number of halogens is 1. The Labute approximate surface area is 127 Å². The number of carboxylic acids is 1. The standard InChI is InChI=1S/C15H18ClNO4/c16-12-6-5-10(18)9-11(12)13(19)17-15(14(20)21)7-3-1-2-4-8-15/h5-6,9,18H,1-4,7-8H2,(H,17,19)(H,20,21). The Balaban J connectivity index is 2.26. The fraction of sp³-hybridized carbons (Fsp3) is 0.467. The predicted molar refractivity (Wildman–Crippen MR) is 78.7 cm³/mol. The number of carbonyl (C=O) groups excluding carboxylic acids is 1. The van der Waals surface area contributed by atoms with Gasteiger partial charge in [0.25, 0.3) is 5.91 Å². The lowest BCUT2D eigenvalue weighted by molar-refractivity contribution is -0.145. The number of amides is 1. The Morgan fingerprint density at radius 3 is 2.33 bits per heavy atom. The molecule has 0 atom stereocenters. The van der Waals surface area contributed by atoms with Crippen molar-refractivity contribution in [1.82, 2.24) is 5.32 Å². The van der Waals surface area contributed by atoms with E-state index < -0.39 is 17.4 Å². The molecule has 1 aromatic rings. The van der Waals surface area contributed by atoms with Crippen LogP contribution < -0.4 is 5.32 Å². The van der Waals surface area contributed by atoms with Crippen LogP contribution in [0.3, 0.4) is 0 Å². The summed E-state index contributed by atoms with van der Waals surface area (Å²) in [5.41, 5.74) is -1.16. The third kappa shape index (κ3) is 3.47. The van der Waals surface area contributed by atoms with Crippen molar-refractivity contribution in [2.24, 2.45) is 0 Å². The second-order valence-electron chi connectivity index (χ2n) is 5.42. The lowest BCUT2D eigenvalue weighted by atomic mass is 9.90. The van der Waals surface area contributed by atoms with E-state index in [0.29, 0.717) is 12.8 Å². The zero-order valence-corrected chi connectivity index (χ0v) is 12.3.